The summed E-state index contributed by atoms with van der Waals surface area (Å²) in [6.45, 7) is 0. The molecule has 0 saturated carbocycles. The van der Waals surface area contributed by atoms with Crippen molar-refractivity contribution in [2.45, 2.75) is 0 Å². The van der Waals surface area contributed by atoms with Crippen LogP contribution in [0.1, 0.15) is 0 Å². The van der Waals surface area contributed by atoms with Crippen molar-refractivity contribution in [2.75, 3.05) is 0 Å². The molecule has 0 aliphatic heterocycles. The van der Waals surface area contributed by atoms with Gasteiger partial charge in [-0.3, -0.25) is 0 Å². The fourth-order valence-corrected chi connectivity index (χ4v) is 4.69. The van der Waals surface area contributed by atoms with Crippen molar-refractivity contribution in [3.8, 4) is 45.1 Å². The molecule has 0 aliphatic carbocycles. The molecule has 0 fully saturated rings. The van der Waals surface area contributed by atoms with Crippen LogP contribution in [-0.2, 0) is 0 Å². The minimum absolute atomic E-state index is 0.246. The second kappa shape index (κ2) is 8.92. The molecule has 0 aliphatic rings. The maximum absolute atomic E-state index is 11.3. The highest BCUT2D eigenvalue weighted by atomic mass is 16.3. The molecule has 0 atom stereocenters. The van der Waals surface area contributed by atoms with Crippen molar-refractivity contribution in [3.63, 3.8) is 0 Å². The van der Waals surface area contributed by atoms with Gasteiger partial charge in [-0.15, -0.1) is 4.57 Å². The van der Waals surface area contributed by atoms with Crippen molar-refractivity contribution >= 4 is 10.8 Å². The van der Waals surface area contributed by atoms with Gasteiger partial charge in [-0.1, -0.05) is 91.0 Å². The van der Waals surface area contributed by atoms with Crippen LogP contribution < -0.4 is 4.57 Å². The molecule has 166 valence electrons. The van der Waals surface area contributed by atoms with Crippen molar-refractivity contribution in [1.82, 2.24) is 0 Å². The fraction of sp³-hybridized carbons (Fsp3) is 0. The topological polar surface area (TPSA) is 24.1 Å². The Bertz CT molecular complexity index is 1560. The van der Waals surface area contributed by atoms with Gasteiger partial charge in [0.05, 0.1) is 0 Å². The number of aromatic nitrogens is 1. The molecular formula is C33H24NO+. The summed E-state index contributed by atoms with van der Waals surface area (Å²) in [7, 11) is 0. The molecule has 0 amide bonds. The van der Waals surface area contributed by atoms with E-state index < -0.39 is 0 Å². The predicted molar refractivity (Wildman–Crippen MR) is 143 cm³/mol. The number of benzene rings is 5. The Labute approximate surface area is 205 Å². The van der Waals surface area contributed by atoms with Gasteiger partial charge >= 0.3 is 0 Å². The van der Waals surface area contributed by atoms with Gasteiger partial charge in [0.25, 0.3) is 5.69 Å². The van der Waals surface area contributed by atoms with Crippen molar-refractivity contribution < 1.29 is 9.67 Å². The number of aromatic hydroxyl groups is 1. The summed E-state index contributed by atoms with van der Waals surface area (Å²) < 4.78 is 2.18. The maximum Gasteiger partial charge on any atom is 0.254 e. The molecule has 0 bridgehead atoms. The average molecular weight is 451 g/mol. The summed E-state index contributed by atoms with van der Waals surface area (Å²) in [6, 6.07) is 47.7. The van der Waals surface area contributed by atoms with Gasteiger partial charge in [0.2, 0.25) is 11.4 Å². The van der Waals surface area contributed by atoms with E-state index in [2.05, 4.69) is 102 Å². The number of nitrogens with zero attached hydrogens (tertiary/aromatic N) is 1. The van der Waals surface area contributed by atoms with Gasteiger partial charge < -0.3 is 5.11 Å². The van der Waals surface area contributed by atoms with Gasteiger partial charge in [-0.2, -0.15) is 0 Å². The zero-order valence-electron chi connectivity index (χ0n) is 19.2. The van der Waals surface area contributed by atoms with Crippen LogP contribution >= 0.6 is 0 Å². The molecule has 5 aromatic carbocycles. The average Bonchev–Trinajstić information content (AvgIpc) is 2.93. The quantitative estimate of drug-likeness (QED) is 0.272. The molecule has 0 spiro atoms. The van der Waals surface area contributed by atoms with Gasteiger partial charge in [0, 0.05) is 29.3 Å². The van der Waals surface area contributed by atoms with Gasteiger partial charge in [0.15, 0.2) is 5.75 Å². The highest BCUT2D eigenvalue weighted by Gasteiger charge is 2.27. The molecule has 1 N–H and O–H groups in total. The summed E-state index contributed by atoms with van der Waals surface area (Å²) >= 11 is 0. The summed E-state index contributed by atoms with van der Waals surface area (Å²) in [5, 5.41) is 13.4. The normalized spacial score (nSPS) is 11.0. The fourth-order valence-electron chi connectivity index (χ4n) is 4.69. The zero-order chi connectivity index (χ0) is 23.6. The van der Waals surface area contributed by atoms with Gasteiger partial charge in [-0.25, -0.2) is 0 Å². The molecule has 1 aromatic heterocycles. The number of hydrogen-bond donors (Lipinski definition) is 1. The van der Waals surface area contributed by atoms with E-state index >= 15 is 0 Å². The summed E-state index contributed by atoms with van der Waals surface area (Å²) in [5.74, 6) is 0.246. The lowest BCUT2D eigenvalue weighted by molar-refractivity contribution is -0.572. The SMILES string of the molecule is Oc1cc2ccccc2cc1-[n+]1c(-c2ccccc2)cc(-c2ccccc2)cc1-c1ccccc1. The maximum atomic E-state index is 11.3. The lowest BCUT2D eigenvalue weighted by Crippen LogP contribution is -2.36. The van der Waals surface area contributed by atoms with E-state index in [1.807, 2.05) is 42.5 Å². The van der Waals surface area contributed by atoms with Crippen LogP contribution in [0, 0.1) is 0 Å². The van der Waals surface area contributed by atoms with Crippen molar-refractivity contribution in [3.05, 3.63) is 140 Å². The highest BCUT2D eigenvalue weighted by molar-refractivity contribution is 5.86. The van der Waals surface area contributed by atoms with Crippen LogP contribution in [-0.4, -0.2) is 5.11 Å². The predicted octanol–water partition coefficient (Wildman–Crippen LogP) is 7.82. The molecule has 6 aromatic rings. The Morgan fingerprint density at radius 3 is 1.34 bits per heavy atom. The first kappa shape index (κ1) is 20.9. The van der Waals surface area contributed by atoms with E-state index in [0.717, 1.165) is 50.1 Å². The standard InChI is InChI=1S/C33H23NO/c35-33-23-28-19-11-10-18-27(28)20-32(33)34-30(25-14-6-2-7-15-25)21-29(24-12-4-1-5-13-24)22-31(34)26-16-8-3-9-17-26/h1-23H/p+1. The number of pyridine rings is 1. The van der Waals surface area contributed by atoms with Crippen molar-refractivity contribution in [1.29, 1.82) is 0 Å². The van der Waals surface area contributed by atoms with E-state index in [1.165, 1.54) is 0 Å². The number of hydrogen-bond acceptors (Lipinski definition) is 1. The van der Waals surface area contributed by atoms with Gasteiger partial charge in [-0.05, 0) is 52.2 Å². The van der Waals surface area contributed by atoms with Crippen LogP contribution in [0.4, 0.5) is 0 Å². The lowest BCUT2D eigenvalue weighted by Gasteiger charge is -2.14. The minimum Gasteiger partial charge on any atom is -0.502 e. The third-order valence-corrected chi connectivity index (χ3v) is 6.40. The van der Waals surface area contributed by atoms with Crippen molar-refractivity contribution in [2.24, 2.45) is 0 Å². The molecular weight excluding hydrogens is 426 g/mol. The molecule has 0 saturated heterocycles. The first-order valence-electron chi connectivity index (χ1n) is 11.8. The number of rotatable bonds is 4. The monoisotopic (exact) mass is 450 g/mol. The zero-order valence-corrected chi connectivity index (χ0v) is 19.2. The second-order valence-electron chi connectivity index (χ2n) is 8.64. The lowest BCUT2D eigenvalue weighted by atomic mass is 9.98. The van der Waals surface area contributed by atoms with E-state index in [-0.39, 0.29) is 5.75 Å². The van der Waals surface area contributed by atoms with Crippen LogP contribution in [0.5, 0.6) is 5.75 Å². The summed E-state index contributed by atoms with van der Waals surface area (Å²) in [6.07, 6.45) is 0. The van der Waals surface area contributed by atoms with E-state index in [1.54, 1.807) is 0 Å². The minimum atomic E-state index is 0.246. The smallest absolute Gasteiger partial charge is 0.254 e. The number of fused-ring (bicyclic) bond motifs is 1. The van der Waals surface area contributed by atoms with E-state index in [0.29, 0.717) is 0 Å². The molecule has 1 heterocycles. The van der Waals surface area contributed by atoms with Crippen LogP contribution in [0.15, 0.2) is 140 Å². The number of phenols is 1. The highest BCUT2D eigenvalue weighted by Crippen LogP contribution is 2.33. The molecule has 6 rings (SSSR count). The Kier molecular flexibility index (Phi) is 5.32. The molecule has 0 radical (unpaired) electrons. The first-order chi connectivity index (χ1) is 17.3. The summed E-state index contributed by atoms with van der Waals surface area (Å²) in [5.41, 5.74) is 7.20. The van der Waals surface area contributed by atoms with E-state index in [9.17, 15) is 5.11 Å². The third kappa shape index (κ3) is 3.96. The molecule has 0 unspecified atom stereocenters. The van der Waals surface area contributed by atoms with Crippen LogP contribution in [0.2, 0.25) is 0 Å². The van der Waals surface area contributed by atoms with Crippen LogP contribution in [0.25, 0.3) is 50.1 Å². The summed E-state index contributed by atoms with van der Waals surface area (Å²) in [4.78, 5) is 0. The number of phenolic OH excluding ortho intramolecular Hbond substituents is 1. The largest absolute Gasteiger partial charge is 0.502 e. The molecule has 2 heteroatoms. The molecule has 35 heavy (non-hydrogen) atoms. The Hall–Kier alpha value is -4.69. The Morgan fingerprint density at radius 1 is 0.400 bits per heavy atom. The Morgan fingerprint density at radius 2 is 0.829 bits per heavy atom. The van der Waals surface area contributed by atoms with E-state index in [4.69, 9.17) is 0 Å². The molecule has 2 nitrogen and oxygen atoms in total. The Balaban J connectivity index is 1.74. The van der Waals surface area contributed by atoms with Crippen LogP contribution in [0.3, 0.4) is 0 Å². The van der Waals surface area contributed by atoms with Gasteiger partial charge in [0.1, 0.15) is 0 Å². The second-order valence-corrected chi connectivity index (χ2v) is 8.64. The first-order valence-corrected chi connectivity index (χ1v) is 11.8. The third-order valence-electron chi connectivity index (χ3n) is 6.40.